The Hall–Kier alpha value is -1.27. The Morgan fingerprint density at radius 3 is 2.52 bits per heavy atom. The highest BCUT2D eigenvalue weighted by molar-refractivity contribution is 14.1. The average molecular weight is 416 g/mol. The Labute approximate surface area is 142 Å². The van der Waals surface area contributed by atoms with Gasteiger partial charge in [-0.1, -0.05) is 11.6 Å². The molecule has 0 fully saturated rings. The summed E-state index contributed by atoms with van der Waals surface area (Å²) in [5.41, 5.74) is 3.46. The van der Waals surface area contributed by atoms with Gasteiger partial charge in [0.2, 0.25) is 0 Å². The molecule has 0 aliphatic carbocycles. The first-order valence-corrected chi connectivity index (χ1v) is 7.79. The summed E-state index contributed by atoms with van der Waals surface area (Å²) in [5, 5.41) is 3.33. The molecule has 2 aromatic rings. The van der Waals surface area contributed by atoms with Gasteiger partial charge in [0.15, 0.2) is 0 Å². The van der Waals surface area contributed by atoms with E-state index in [-0.39, 0.29) is 5.91 Å². The highest BCUT2D eigenvalue weighted by Crippen LogP contribution is 2.26. The highest BCUT2D eigenvalue weighted by atomic mass is 127. The zero-order chi connectivity index (χ0) is 15.6. The van der Waals surface area contributed by atoms with Crippen LogP contribution in [0, 0.1) is 17.4 Å². The Morgan fingerprint density at radius 2 is 1.90 bits per heavy atom. The molecule has 1 N–H and O–H groups in total. The standard InChI is InChI=1S/C16H15ClINO2/c1-9-7-14(10(2)6-13(9)18)19-16(20)11-4-5-15(21-3)12(17)8-11/h4-8H,1-3H3,(H,19,20). The van der Waals surface area contributed by atoms with Gasteiger partial charge in [-0.3, -0.25) is 4.79 Å². The largest absolute Gasteiger partial charge is 0.495 e. The predicted molar refractivity (Wildman–Crippen MR) is 94.6 cm³/mol. The van der Waals surface area contributed by atoms with Crippen molar-refractivity contribution in [3.63, 3.8) is 0 Å². The molecule has 2 rings (SSSR count). The van der Waals surface area contributed by atoms with E-state index < -0.39 is 0 Å². The van der Waals surface area contributed by atoms with E-state index >= 15 is 0 Å². The van der Waals surface area contributed by atoms with Crippen LogP contribution in [0.2, 0.25) is 5.02 Å². The number of carbonyl (C=O) groups is 1. The molecule has 0 aliphatic heterocycles. The molecule has 0 radical (unpaired) electrons. The fraction of sp³-hybridized carbons (Fsp3) is 0.188. The van der Waals surface area contributed by atoms with Gasteiger partial charge < -0.3 is 10.1 Å². The van der Waals surface area contributed by atoms with Crippen LogP contribution in [-0.4, -0.2) is 13.0 Å². The minimum atomic E-state index is -0.191. The molecule has 0 unspecified atom stereocenters. The van der Waals surface area contributed by atoms with Crippen LogP contribution in [0.3, 0.4) is 0 Å². The minimum absolute atomic E-state index is 0.191. The number of carbonyl (C=O) groups excluding carboxylic acids is 1. The van der Waals surface area contributed by atoms with Crippen molar-refractivity contribution in [1.29, 1.82) is 0 Å². The number of halogens is 2. The Bertz CT molecular complexity index is 701. The second-order valence-electron chi connectivity index (χ2n) is 4.72. The quantitative estimate of drug-likeness (QED) is 0.730. The molecule has 0 bridgehead atoms. The molecule has 110 valence electrons. The fourth-order valence-corrected chi connectivity index (χ4v) is 2.80. The fourth-order valence-electron chi connectivity index (χ4n) is 1.92. The normalized spacial score (nSPS) is 10.3. The number of benzene rings is 2. The van der Waals surface area contributed by atoms with Crippen molar-refractivity contribution in [2.24, 2.45) is 0 Å². The summed E-state index contributed by atoms with van der Waals surface area (Å²) in [6.07, 6.45) is 0. The summed E-state index contributed by atoms with van der Waals surface area (Å²) in [7, 11) is 1.54. The summed E-state index contributed by atoms with van der Waals surface area (Å²) < 4.78 is 6.26. The molecule has 0 saturated carbocycles. The maximum atomic E-state index is 12.3. The molecule has 0 aromatic heterocycles. The predicted octanol–water partition coefficient (Wildman–Crippen LogP) is 4.82. The number of hydrogen-bond acceptors (Lipinski definition) is 2. The number of methoxy groups -OCH3 is 1. The molecule has 3 nitrogen and oxygen atoms in total. The molecule has 2 aromatic carbocycles. The number of hydrogen-bond donors (Lipinski definition) is 1. The SMILES string of the molecule is COc1ccc(C(=O)Nc2cc(C)c(I)cc2C)cc1Cl. The lowest BCUT2D eigenvalue weighted by molar-refractivity contribution is 0.102. The molecule has 0 spiro atoms. The molecular weight excluding hydrogens is 401 g/mol. The second-order valence-corrected chi connectivity index (χ2v) is 6.29. The van der Waals surface area contributed by atoms with Crippen molar-refractivity contribution in [3.8, 4) is 5.75 Å². The summed E-state index contributed by atoms with van der Waals surface area (Å²) in [6, 6.07) is 9.00. The van der Waals surface area contributed by atoms with Gasteiger partial charge in [-0.15, -0.1) is 0 Å². The molecule has 0 saturated heterocycles. The lowest BCUT2D eigenvalue weighted by atomic mass is 10.1. The van der Waals surface area contributed by atoms with E-state index in [9.17, 15) is 4.79 Å². The first kappa shape index (κ1) is 16.1. The minimum Gasteiger partial charge on any atom is -0.495 e. The maximum Gasteiger partial charge on any atom is 0.255 e. The first-order valence-electron chi connectivity index (χ1n) is 6.34. The third kappa shape index (κ3) is 3.68. The van der Waals surface area contributed by atoms with Crippen LogP contribution in [0.5, 0.6) is 5.75 Å². The number of rotatable bonds is 3. The highest BCUT2D eigenvalue weighted by Gasteiger charge is 2.11. The van der Waals surface area contributed by atoms with Gasteiger partial charge in [-0.25, -0.2) is 0 Å². The van der Waals surface area contributed by atoms with E-state index in [0.29, 0.717) is 16.3 Å². The van der Waals surface area contributed by atoms with Crippen LogP contribution in [0.15, 0.2) is 30.3 Å². The molecule has 5 heteroatoms. The summed E-state index contributed by atoms with van der Waals surface area (Å²) in [4.78, 5) is 12.3. The number of ether oxygens (including phenoxy) is 1. The van der Waals surface area contributed by atoms with Gasteiger partial charge in [0, 0.05) is 14.8 Å². The molecule has 1 amide bonds. The van der Waals surface area contributed by atoms with Gasteiger partial charge in [-0.05, 0) is 77.9 Å². The van der Waals surface area contributed by atoms with Gasteiger partial charge in [0.05, 0.1) is 12.1 Å². The van der Waals surface area contributed by atoms with Crippen molar-refractivity contribution in [3.05, 3.63) is 55.6 Å². The van der Waals surface area contributed by atoms with Crippen LogP contribution in [0.4, 0.5) is 5.69 Å². The van der Waals surface area contributed by atoms with E-state index in [0.717, 1.165) is 16.8 Å². The van der Waals surface area contributed by atoms with Crippen molar-refractivity contribution in [2.45, 2.75) is 13.8 Å². The van der Waals surface area contributed by atoms with E-state index in [1.807, 2.05) is 26.0 Å². The smallest absolute Gasteiger partial charge is 0.255 e. The average Bonchev–Trinajstić information content (AvgIpc) is 2.44. The van der Waals surface area contributed by atoms with Crippen LogP contribution in [0.1, 0.15) is 21.5 Å². The van der Waals surface area contributed by atoms with E-state index in [4.69, 9.17) is 16.3 Å². The van der Waals surface area contributed by atoms with Crippen LogP contribution in [0.25, 0.3) is 0 Å². The number of anilines is 1. The van der Waals surface area contributed by atoms with Crippen LogP contribution >= 0.6 is 34.2 Å². The van der Waals surface area contributed by atoms with Crippen LogP contribution in [-0.2, 0) is 0 Å². The molecule has 0 heterocycles. The lowest BCUT2D eigenvalue weighted by Gasteiger charge is -2.11. The summed E-state index contributed by atoms with van der Waals surface area (Å²) in [5.74, 6) is 0.359. The molecular formula is C16H15ClINO2. The van der Waals surface area contributed by atoms with Crippen LogP contribution < -0.4 is 10.1 Å². The van der Waals surface area contributed by atoms with E-state index in [1.165, 1.54) is 3.57 Å². The zero-order valence-corrected chi connectivity index (χ0v) is 14.9. The zero-order valence-electron chi connectivity index (χ0n) is 12.0. The third-order valence-electron chi connectivity index (χ3n) is 3.17. The van der Waals surface area contributed by atoms with Gasteiger partial charge in [-0.2, -0.15) is 0 Å². The van der Waals surface area contributed by atoms with Crippen molar-refractivity contribution in [1.82, 2.24) is 0 Å². The topological polar surface area (TPSA) is 38.3 Å². The molecule has 0 atom stereocenters. The van der Waals surface area contributed by atoms with Gasteiger partial charge >= 0.3 is 0 Å². The summed E-state index contributed by atoms with van der Waals surface area (Å²) in [6.45, 7) is 3.99. The maximum absolute atomic E-state index is 12.3. The van der Waals surface area contributed by atoms with Crippen molar-refractivity contribution in [2.75, 3.05) is 12.4 Å². The molecule has 21 heavy (non-hydrogen) atoms. The third-order valence-corrected chi connectivity index (χ3v) is 4.63. The Morgan fingerprint density at radius 1 is 1.19 bits per heavy atom. The van der Waals surface area contributed by atoms with Crippen molar-refractivity contribution >= 4 is 45.8 Å². The van der Waals surface area contributed by atoms with E-state index in [1.54, 1.807) is 25.3 Å². The van der Waals surface area contributed by atoms with E-state index in [2.05, 4.69) is 27.9 Å². The Balaban J connectivity index is 2.26. The van der Waals surface area contributed by atoms with Gasteiger partial charge in [0.1, 0.15) is 5.75 Å². The lowest BCUT2D eigenvalue weighted by Crippen LogP contribution is -2.13. The van der Waals surface area contributed by atoms with Gasteiger partial charge in [0.25, 0.3) is 5.91 Å². The number of amides is 1. The molecule has 0 aliphatic rings. The first-order chi connectivity index (χ1) is 9.92. The number of nitrogens with one attached hydrogen (secondary N) is 1. The number of aryl methyl sites for hydroxylation is 2. The Kier molecular flexibility index (Phi) is 5.11. The van der Waals surface area contributed by atoms with Crippen molar-refractivity contribution < 1.29 is 9.53 Å². The monoisotopic (exact) mass is 415 g/mol. The summed E-state index contributed by atoms with van der Waals surface area (Å²) >= 11 is 8.33. The second kappa shape index (κ2) is 6.66.